The van der Waals surface area contributed by atoms with Gasteiger partial charge in [-0.2, -0.15) is 0 Å². The lowest BCUT2D eigenvalue weighted by Crippen LogP contribution is -2.40. The highest BCUT2D eigenvalue weighted by molar-refractivity contribution is 5.97. The van der Waals surface area contributed by atoms with Gasteiger partial charge in [0.05, 0.1) is 40.2 Å². The Labute approximate surface area is 250 Å². The molecule has 1 aliphatic carbocycles. The van der Waals surface area contributed by atoms with Crippen LogP contribution in [0, 0.1) is 5.92 Å². The number of hydrogen-bond donors (Lipinski definition) is 3. The van der Waals surface area contributed by atoms with Crippen molar-refractivity contribution >= 4 is 23.2 Å². The van der Waals surface area contributed by atoms with Crippen LogP contribution >= 0.6 is 0 Å². The molecule has 0 saturated carbocycles. The lowest BCUT2D eigenvalue weighted by molar-refractivity contribution is -0.120. The summed E-state index contributed by atoms with van der Waals surface area (Å²) in [6.45, 7) is 5.21. The zero-order valence-electron chi connectivity index (χ0n) is 25.5. The van der Waals surface area contributed by atoms with Crippen molar-refractivity contribution in [2.24, 2.45) is 5.92 Å². The first-order valence-corrected chi connectivity index (χ1v) is 14.0. The van der Waals surface area contributed by atoms with Crippen LogP contribution in [0.5, 0.6) is 23.1 Å². The SMILES string of the molecule is COc1cc2c(c(OC)c1OC)-c1ccc(N[C@@H](C(=O)Nc3cccnc3OC)C(C)C)c(=O)cc1[C@H](NC(C)=O)CC2. The van der Waals surface area contributed by atoms with Crippen LogP contribution in [0.4, 0.5) is 11.4 Å². The maximum atomic E-state index is 13.8. The van der Waals surface area contributed by atoms with E-state index in [1.807, 2.05) is 26.0 Å². The maximum absolute atomic E-state index is 13.8. The van der Waals surface area contributed by atoms with Gasteiger partial charge in [-0.05, 0) is 65.8 Å². The van der Waals surface area contributed by atoms with Crippen molar-refractivity contribution in [2.75, 3.05) is 39.1 Å². The van der Waals surface area contributed by atoms with E-state index in [-0.39, 0.29) is 34.7 Å². The van der Waals surface area contributed by atoms with Crippen molar-refractivity contribution in [3.8, 4) is 34.3 Å². The Hall–Kier alpha value is -4.80. The summed E-state index contributed by atoms with van der Waals surface area (Å²) in [5.74, 6) is 0.914. The lowest BCUT2D eigenvalue weighted by atomic mass is 9.95. The molecule has 3 aromatic rings. The summed E-state index contributed by atoms with van der Waals surface area (Å²) in [5, 5.41) is 9.02. The number of methoxy groups -OCH3 is 4. The number of carbonyl (C=O) groups is 2. The van der Waals surface area contributed by atoms with Gasteiger partial charge < -0.3 is 34.9 Å². The molecule has 3 N–H and O–H groups in total. The number of carbonyl (C=O) groups excluding carboxylic acids is 2. The number of amides is 2. The molecule has 0 radical (unpaired) electrons. The topological polar surface area (TPSA) is 137 Å². The van der Waals surface area contributed by atoms with Crippen molar-refractivity contribution in [3.63, 3.8) is 0 Å². The summed E-state index contributed by atoms with van der Waals surface area (Å²) in [7, 11) is 6.11. The molecule has 11 heteroatoms. The van der Waals surface area contributed by atoms with E-state index < -0.39 is 12.1 Å². The number of nitrogens with one attached hydrogen (secondary N) is 3. The molecule has 2 atom stereocenters. The first-order valence-electron chi connectivity index (χ1n) is 14.0. The molecule has 0 spiro atoms. The Morgan fingerprint density at radius 2 is 1.70 bits per heavy atom. The van der Waals surface area contributed by atoms with Crippen molar-refractivity contribution in [1.82, 2.24) is 10.3 Å². The Morgan fingerprint density at radius 1 is 0.953 bits per heavy atom. The number of pyridine rings is 1. The fourth-order valence-electron chi connectivity index (χ4n) is 5.39. The second-order valence-electron chi connectivity index (χ2n) is 10.5. The molecule has 2 aromatic carbocycles. The zero-order chi connectivity index (χ0) is 31.3. The van der Waals surface area contributed by atoms with E-state index in [0.29, 0.717) is 46.9 Å². The highest BCUT2D eigenvalue weighted by atomic mass is 16.5. The summed E-state index contributed by atoms with van der Waals surface area (Å²) >= 11 is 0. The molecule has 2 amide bonds. The first kappa shape index (κ1) is 31.1. The third-order valence-electron chi connectivity index (χ3n) is 7.40. The second kappa shape index (κ2) is 13.5. The van der Waals surface area contributed by atoms with Crippen molar-refractivity contribution in [2.45, 2.75) is 45.7 Å². The number of anilines is 2. The zero-order valence-corrected chi connectivity index (χ0v) is 25.5. The quantitative estimate of drug-likeness (QED) is 0.315. The highest BCUT2D eigenvalue weighted by Gasteiger charge is 2.30. The van der Waals surface area contributed by atoms with Crippen LogP contribution in [-0.4, -0.2) is 51.3 Å². The van der Waals surface area contributed by atoms with E-state index in [1.54, 1.807) is 38.6 Å². The van der Waals surface area contributed by atoms with Crippen molar-refractivity contribution in [1.29, 1.82) is 0 Å². The summed E-state index contributed by atoms with van der Waals surface area (Å²) < 4.78 is 22.4. The van der Waals surface area contributed by atoms with E-state index in [0.717, 1.165) is 11.1 Å². The maximum Gasteiger partial charge on any atom is 0.247 e. The summed E-state index contributed by atoms with van der Waals surface area (Å²) in [6, 6.07) is 9.05. The lowest BCUT2D eigenvalue weighted by Gasteiger charge is -2.22. The van der Waals surface area contributed by atoms with Crippen LogP contribution in [0.2, 0.25) is 0 Å². The number of aromatic nitrogens is 1. The predicted octanol–water partition coefficient (Wildman–Crippen LogP) is 4.34. The minimum Gasteiger partial charge on any atom is -0.493 e. The average Bonchev–Trinajstić information content (AvgIpc) is 3.22. The summed E-state index contributed by atoms with van der Waals surface area (Å²) in [5.41, 5.74) is 3.29. The van der Waals surface area contributed by atoms with Gasteiger partial charge in [0.1, 0.15) is 11.7 Å². The summed E-state index contributed by atoms with van der Waals surface area (Å²) in [4.78, 5) is 43.5. The first-order chi connectivity index (χ1) is 20.6. The van der Waals surface area contributed by atoms with Gasteiger partial charge in [0.15, 0.2) is 11.5 Å². The molecule has 43 heavy (non-hydrogen) atoms. The number of nitrogens with zero attached hydrogens (tertiary/aromatic N) is 1. The molecule has 0 saturated heterocycles. The molecular formula is C32H38N4O7. The molecule has 1 aliphatic rings. The summed E-state index contributed by atoms with van der Waals surface area (Å²) in [6.07, 6.45) is 2.69. The van der Waals surface area contributed by atoms with Crippen LogP contribution in [0.3, 0.4) is 0 Å². The molecule has 0 unspecified atom stereocenters. The van der Waals surface area contributed by atoms with Gasteiger partial charge in [0.25, 0.3) is 0 Å². The van der Waals surface area contributed by atoms with Gasteiger partial charge >= 0.3 is 0 Å². The van der Waals surface area contributed by atoms with Gasteiger partial charge in [-0.3, -0.25) is 14.4 Å². The van der Waals surface area contributed by atoms with Crippen LogP contribution in [0.1, 0.15) is 44.4 Å². The molecule has 228 valence electrons. The molecule has 11 nitrogen and oxygen atoms in total. The average molecular weight is 591 g/mol. The molecule has 0 aliphatic heterocycles. The van der Waals surface area contributed by atoms with Crippen LogP contribution in [0.25, 0.3) is 11.1 Å². The van der Waals surface area contributed by atoms with E-state index in [4.69, 9.17) is 18.9 Å². The molecule has 1 heterocycles. The smallest absolute Gasteiger partial charge is 0.247 e. The predicted molar refractivity (Wildman–Crippen MR) is 164 cm³/mol. The van der Waals surface area contributed by atoms with E-state index in [2.05, 4.69) is 20.9 Å². The van der Waals surface area contributed by atoms with Gasteiger partial charge in [0.2, 0.25) is 28.9 Å². The Bertz CT molecular complexity index is 1570. The number of rotatable bonds is 10. The fourth-order valence-corrected chi connectivity index (χ4v) is 5.39. The third-order valence-corrected chi connectivity index (χ3v) is 7.40. The number of hydrogen-bond acceptors (Lipinski definition) is 9. The second-order valence-corrected chi connectivity index (χ2v) is 10.5. The standard InChI is InChI=1S/C32H38N4O7/c1-17(2)28(31(39)36-24-9-8-14-33-32(24)43-7)35-23-13-11-20-21(16-25(23)38)22(34-18(3)37)12-10-19-15-26(40-4)29(41-5)30(42-6)27(19)20/h8-9,11,13-17,22,28H,10,12H2,1-7H3,(H,34,37)(H,35,38)(H,36,39)/t22-,28-/m1/s1. The third kappa shape index (κ3) is 6.50. The number of fused-ring (bicyclic) bond motifs is 3. The van der Waals surface area contributed by atoms with E-state index >= 15 is 0 Å². The molecule has 4 rings (SSSR count). The number of ether oxygens (including phenoxy) is 4. The monoisotopic (exact) mass is 590 g/mol. The normalized spacial score (nSPS) is 14.4. The number of benzene rings is 1. The Kier molecular flexibility index (Phi) is 9.74. The Balaban J connectivity index is 1.85. The van der Waals surface area contributed by atoms with Crippen LogP contribution in [0.15, 0.2) is 47.4 Å². The fraction of sp³-hybridized carbons (Fsp3) is 0.375. The minimum absolute atomic E-state index is 0.185. The molecular weight excluding hydrogens is 552 g/mol. The largest absolute Gasteiger partial charge is 0.493 e. The minimum atomic E-state index is -0.767. The van der Waals surface area contributed by atoms with Gasteiger partial charge in [-0.15, -0.1) is 0 Å². The number of aryl methyl sites for hydroxylation is 1. The van der Waals surface area contributed by atoms with Gasteiger partial charge in [-0.1, -0.05) is 19.9 Å². The van der Waals surface area contributed by atoms with Crippen LogP contribution in [-0.2, 0) is 16.0 Å². The van der Waals surface area contributed by atoms with Crippen LogP contribution < -0.4 is 40.3 Å². The van der Waals surface area contributed by atoms with Gasteiger partial charge in [0, 0.05) is 18.7 Å². The molecule has 0 fully saturated rings. The molecule has 0 bridgehead atoms. The van der Waals surface area contributed by atoms with E-state index in [9.17, 15) is 14.4 Å². The highest BCUT2D eigenvalue weighted by Crippen LogP contribution is 2.50. The van der Waals surface area contributed by atoms with E-state index in [1.165, 1.54) is 27.2 Å². The van der Waals surface area contributed by atoms with Crippen molar-refractivity contribution in [3.05, 3.63) is 63.9 Å². The Morgan fingerprint density at radius 3 is 2.33 bits per heavy atom. The van der Waals surface area contributed by atoms with Crippen molar-refractivity contribution < 1.29 is 28.5 Å². The molecule has 1 aromatic heterocycles. The van der Waals surface area contributed by atoms with Gasteiger partial charge in [-0.25, -0.2) is 4.98 Å².